The van der Waals surface area contributed by atoms with Gasteiger partial charge >= 0.3 is 19.5 Å². The van der Waals surface area contributed by atoms with Gasteiger partial charge in [0.1, 0.15) is 0 Å². The molecule has 0 heterocycles. The fourth-order valence-corrected chi connectivity index (χ4v) is 0. The molecule has 0 aliphatic heterocycles. The first kappa shape index (κ1) is 203. The topological polar surface area (TPSA) is 63.0 Å². The zero-order chi connectivity index (χ0) is 0. The average Bonchev–Trinajstić information content (AvgIpc) is 0. The van der Waals surface area contributed by atoms with Gasteiger partial charge in [-0.15, -0.1) is 37.2 Å². The zero-order valence-corrected chi connectivity index (χ0v) is 10.6. The molecule has 0 aromatic rings. The van der Waals surface area contributed by atoms with E-state index in [-0.39, 0.29) is 92.5 Å². The summed E-state index contributed by atoms with van der Waals surface area (Å²) in [6.45, 7) is 0. The van der Waals surface area contributed by atoms with Crippen molar-refractivity contribution in [2.45, 2.75) is 0 Å². The molecule has 8 heavy (non-hydrogen) atoms. The Balaban J connectivity index is 0. The van der Waals surface area contributed by atoms with Crippen LogP contribution in [0.4, 0.5) is 0 Å². The van der Waals surface area contributed by atoms with Crippen molar-refractivity contribution in [1.82, 2.24) is 0 Å². The van der Waals surface area contributed by atoms with Gasteiger partial charge in [-0.3, -0.25) is 0 Å². The molecule has 0 amide bonds. The molecule has 0 unspecified atom stereocenters. The van der Waals surface area contributed by atoms with Crippen molar-refractivity contribution in [2.24, 2.45) is 0 Å². The van der Waals surface area contributed by atoms with Crippen LogP contribution in [0.1, 0.15) is 0 Å². The Kier molecular flexibility index (Phi) is 3680. The molecule has 0 spiro atoms. The zero-order valence-electron chi connectivity index (χ0n) is 3.69. The maximum absolute atomic E-state index is 0. The molecule has 56 valence electrons. The molecule has 0 atom stereocenters. The summed E-state index contributed by atoms with van der Waals surface area (Å²) in [6.07, 6.45) is 0. The van der Waals surface area contributed by atoms with Gasteiger partial charge in [-0.1, -0.05) is 0 Å². The molecule has 0 fully saturated rings. The number of hydrogen-bond donors (Lipinski definition) is 0. The van der Waals surface area contributed by atoms with Crippen LogP contribution in [0.5, 0.6) is 0 Å². The summed E-state index contributed by atoms with van der Waals surface area (Å²) in [5.41, 5.74) is 0. The molecule has 0 rings (SSSR count). The summed E-state index contributed by atoms with van der Waals surface area (Å²) in [5, 5.41) is 0. The Morgan fingerprint density at radius 2 is 0.500 bits per heavy atom. The van der Waals surface area contributed by atoms with Crippen molar-refractivity contribution in [2.75, 3.05) is 0 Å². The Bertz CT molecular complexity index is 10.4. The normalized spacial score (nSPS) is 0. The quantitative estimate of drug-likeness (QED) is 0.397. The molecule has 2 nitrogen and oxygen atoms in total. The third-order valence-corrected chi connectivity index (χ3v) is 0. The third kappa shape index (κ3) is 98.4. The predicted octanol–water partition coefficient (Wildman–Crippen LogP) is -6.38. The summed E-state index contributed by atoms with van der Waals surface area (Å²) in [5.74, 6) is 0. The molecule has 0 radical (unpaired) electrons. The van der Waals surface area contributed by atoms with E-state index >= 15 is 0 Å². The van der Waals surface area contributed by atoms with Crippen LogP contribution < -0.4 is 24.8 Å². The SMILES string of the molecule is Cl.Cl.Cl.O.O.[Cl-].[Cl-].[Zn+2]. The first-order chi connectivity index (χ1) is 0. The molecule has 0 bridgehead atoms. The largest absolute Gasteiger partial charge is 2.00 e. The van der Waals surface area contributed by atoms with Gasteiger partial charge in [-0.25, -0.2) is 0 Å². The van der Waals surface area contributed by atoms with Crippen molar-refractivity contribution in [3.8, 4) is 0 Å². The Morgan fingerprint density at radius 1 is 0.500 bits per heavy atom. The molecule has 0 aliphatic rings. The molecular weight excluding hydrogens is 275 g/mol. The van der Waals surface area contributed by atoms with Crippen molar-refractivity contribution < 1.29 is 55.2 Å². The summed E-state index contributed by atoms with van der Waals surface area (Å²) in [6, 6.07) is 0. The van der Waals surface area contributed by atoms with Crippen LogP contribution in [-0.2, 0) is 19.5 Å². The number of halogens is 5. The molecule has 4 N–H and O–H groups in total. The summed E-state index contributed by atoms with van der Waals surface area (Å²) >= 11 is 0. The maximum atomic E-state index is 0. The fraction of sp³-hybridized carbons (Fsp3) is 0. The van der Waals surface area contributed by atoms with Gasteiger partial charge in [0.05, 0.1) is 0 Å². The summed E-state index contributed by atoms with van der Waals surface area (Å²) in [4.78, 5) is 0. The second kappa shape index (κ2) is 145. The molecule has 0 aromatic heterocycles. The van der Waals surface area contributed by atoms with Gasteiger partial charge in [0.2, 0.25) is 0 Å². The molecule has 0 aliphatic carbocycles. The molecule has 0 saturated heterocycles. The summed E-state index contributed by atoms with van der Waals surface area (Å²) < 4.78 is 0. The number of hydrogen-bond acceptors (Lipinski definition) is 0. The third-order valence-electron chi connectivity index (χ3n) is 0. The van der Waals surface area contributed by atoms with Crippen LogP contribution in [0.15, 0.2) is 0 Å². The van der Waals surface area contributed by atoms with Gasteiger partial charge in [0.15, 0.2) is 0 Å². The van der Waals surface area contributed by atoms with Crippen LogP contribution in [0, 0.1) is 0 Å². The molecule has 0 saturated carbocycles. The first-order valence-electron chi connectivity index (χ1n) is 0. The van der Waals surface area contributed by atoms with Crippen LogP contribution in [-0.4, -0.2) is 11.0 Å². The van der Waals surface area contributed by atoms with Crippen molar-refractivity contribution in [1.29, 1.82) is 0 Å². The molecular formula is H7Cl5O2Zn. The summed E-state index contributed by atoms with van der Waals surface area (Å²) in [7, 11) is 0. The van der Waals surface area contributed by atoms with E-state index in [1.165, 1.54) is 0 Å². The molecule has 8 heteroatoms. The van der Waals surface area contributed by atoms with Gasteiger partial charge in [-0.05, 0) is 0 Å². The van der Waals surface area contributed by atoms with E-state index in [0.717, 1.165) is 0 Å². The van der Waals surface area contributed by atoms with E-state index in [1.54, 1.807) is 0 Å². The second-order valence-corrected chi connectivity index (χ2v) is 0. The minimum atomic E-state index is 0. The maximum Gasteiger partial charge on any atom is 2.00 e. The van der Waals surface area contributed by atoms with E-state index in [4.69, 9.17) is 0 Å². The molecule has 0 aromatic carbocycles. The predicted molar refractivity (Wildman–Crippen MR) is 29.0 cm³/mol. The second-order valence-electron chi connectivity index (χ2n) is 0. The van der Waals surface area contributed by atoms with Gasteiger partial charge < -0.3 is 35.8 Å². The van der Waals surface area contributed by atoms with Gasteiger partial charge in [-0.2, -0.15) is 0 Å². The number of rotatable bonds is 0. The van der Waals surface area contributed by atoms with Crippen LogP contribution in [0.3, 0.4) is 0 Å². The minimum absolute atomic E-state index is 0. The van der Waals surface area contributed by atoms with Gasteiger partial charge in [0.25, 0.3) is 0 Å². The standard InChI is InChI=1S/5ClH.2H2O.Zn/h5*1H;2*1H2;/q;;;;;;;+2/p-2. The monoisotopic (exact) mass is 278 g/mol. The van der Waals surface area contributed by atoms with E-state index in [1.807, 2.05) is 0 Å². The van der Waals surface area contributed by atoms with Crippen molar-refractivity contribution in [3.05, 3.63) is 0 Å². The van der Waals surface area contributed by atoms with Gasteiger partial charge in [0, 0.05) is 0 Å². The Labute approximate surface area is 92.0 Å². The van der Waals surface area contributed by atoms with Crippen LogP contribution in [0.2, 0.25) is 0 Å². The Morgan fingerprint density at radius 3 is 0.500 bits per heavy atom. The Hall–Kier alpha value is 1.99. The van der Waals surface area contributed by atoms with Crippen molar-refractivity contribution in [3.63, 3.8) is 0 Å². The fourth-order valence-electron chi connectivity index (χ4n) is 0. The van der Waals surface area contributed by atoms with E-state index in [0.29, 0.717) is 0 Å². The van der Waals surface area contributed by atoms with E-state index in [9.17, 15) is 0 Å². The van der Waals surface area contributed by atoms with Crippen LogP contribution >= 0.6 is 37.2 Å². The average molecular weight is 282 g/mol. The van der Waals surface area contributed by atoms with Crippen molar-refractivity contribution >= 4 is 37.2 Å². The van der Waals surface area contributed by atoms with E-state index < -0.39 is 0 Å². The smallest absolute Gasteiger partial charge is 1.00 e. The van der Waals surface area contributed by atoms with Crippen LogP contribution in [0.25, 0.3) is 0 Å². The first-order valence-corrected chi connectivity index (χ1v) is 0. The van der Waals surface area contributed by atoms with E-state index in [2.05, 4.69) is 0 Å². The minimum Gasteiger partial charge on any atom is -1.00 e.